The third kappa shape index (κ3) is 5.10. The molecule has 27 heavy (non-hydrogen) atoms. The molecule has 0 fully saturated rings. The van der Waals surface area contributed by atoms with Crippen molar-refractivity contribution in [2.75, 3.05) is 6.54 Å². The largest absolute Gasteiger partial charge is 0.485 e. The average molecular weight is 385 g/mol. The lowest BCUT2D eigenvalue weighted by Crippen LogP contribution is -2.25. The van der Waals surface area contributed by atoms with Crippen molar-refractivity contribution in [3.8, 4) is 5.75 Å². The lowest BCUT2D eigenvalue weighted by molar-refractivity contribution is 0.0957. The van der Waals surface area contributed by atoms with Gasteiger partial charge in [0.25, 0.3) is 5.91 Å². The number of amides is 1. The summed E-state index contributed by atoms with van der Waals surface area (Å²) < 4.78 is 19.3. The summed E-state index contributed by atoms with van der Waals surface area (Å²) in [6.45, 7) is 4.33. The van der Waals surface area contributed by atoms with Crippen molar-refractivity contribution in [2.45, 2.75) is 26.9 Å². The lowest BCUT2D eigenvalue weighted by atomic mass is 10.1. The van der Waals surface area contributed by atoms with Crippen molar-refractivity contribution in [3.05, 3.63) is 75.2 Å². The number of aromatic nitrogens is 2. The number of pyridine rings is 1. The van der Waals surface area contributed by atoms with Gasteiger partial charge in [-0.15, -0.1) is 11.3 Å². The minimum absolute atomic E-state index is 0.204. The van der Waals surface area contributed by atoms with Crippen LogP contribution in [0.15, 0.2) is 42.6 Å². The summed E-state index contributed by atoms with van der Waals surface area (Å²) in [5, 5.41) is 3.54. The van der Waals surface area contributed by atoms with Gasteiger partial charge in [-0.05, 0) is 44.0 Å². The average Bonchev–Trinajstić information content (AvgIpc) is 3.03. The molecule has 0 saturated carbocycles. The third-order valence-electron chi connectivity index (χ3n) is 3.93. The first-order valence-electron chi connectivity index (χ1n) is 8.56. The minimum atomic E-state index is -0.259. The van der Waals surface area contributed by atoms with Gasteiger partial charge in [-0.1, -0.05) is 18.2 Å². The van der Waals surface area contributed by atoms with Gasteiger partial charge in [0.1, 0.15) is 28.1 Å². The highest BCUT2D eigenvalue weighted by atomic mass is 32.1. The van der Waals surface area contributed by atoms with Crippen LogP contribution in [0, 0.1) is 19.7 Å². The van der Waals surface area contributed by atoms with Gasteiger partial charge in [-0.2, -0.15) is 0 Å². The molecule has 0 aliphatic rings. The summed E-state index contributed by atoms with van der Waals surface area (Å²) in [6.07, 6.45) is 2.10. The number of carbonyl (C=O) groups excluding carboxylic acids is 1. The number of carbonyl (C=O) groups is 1. The number of thiazole rings is 1. The van der Waals surface area contributed by atoms with E-state index in [1.807, 2.05) is 19.1 Å². The van der Waals surface area contributed by atoms with Crippen molar-refractivity contribution in [3.63, 3.8) is 0 Å². The quantitative estimate of drug-likeness (QED) is 0.671. The van der Waals surface area contributed by atoms with Crippen LogP contribution < -0.4 is 10.1 Å². The molecule has 0 radical (unpaired) electrons. The summed E-state index contributed by atoms with van der Waals surface area (Å²) in [5.74, 6) is 0.194. The molecule has 2 aromatic heterocycles. The molecule has 0 bridgehead atoms. The molecule has 5 nitrogen and oxygen atoms in total. The summed E-state index contributed by atoms with van der Waals surface area (Å²) >= 11 is 1.30. The zero-order chi connectivity index (χ0) is 19.2. The van der Waals surface area contributed by atoms with Crippen LogP contribution in [0.1, 0.15) is 31.6 Å². The Labute approximate surface area is 161 Å². The van der Waals surface area contributed by atoms with Crippen LogP contribution in [0.3, 0.4) is 0 Å². The van der Waals surface area contributed by atoms with Crippen molar-refractivity contribution in [2.24, 2.45) is 0 Å². The lowest BCUT2D eigenvalue weighted by Gasteiger charge is -2.05. The van der Waals surface area contributed by atoms with Gasteiger partial charge in [-0.3, -0.25) is 9.78 Å². The van der Waals surface area contributed by atoms with E-state index in [0.717, 1.165) is 5.69 Å². The number of hydrogen-bond donors (Lipinski definition) is 1. The first-order chi connectivity index (χ1) is 13.0. The zero-order valence-corrected chi connectivity index (χ0v) is 16.0. The molecule has 3 rings (SSSR count). The van der Waals surface area contributed by atoms with Gasteiger partial charge in [-0.25, -0.2) is 9.37 Å². The van der Waals surface area contributed by atoms with Crippen molar-refractivity contribution < 1.29 is 13.9 Å². The van der Waals surface area contributed by atoms with Gasteiger partial charge in [0.2, 0.25) is 0 Å². The smallest absolute Gasteiger partial charge is 0.263 e. The van der Waals surface area contributed by atoms with E-state index in [1.165, 1.54) is 17.4 Å². The second-order valence-electron chi connectivity index (χ2n) is 6.04. The first-order valence-corrected chi connectivity index (χ1v) is 9.38. The van der Waals surface area contributed by atoms with Gasteiger partial charge in [0.15, 0.2) is 0 Å². The number of ether oxygens (including phenoxy) is 1. The maximum atomic E-state index is 13.6. The molecule has 0 atom stereocenters. The van der Waals surface area contributed by atoms with Gasteiger partial charge < -0.3 is 10.1 Å². The van der Waals surface area contributed by atoms with Crippen LogP contribution in [0.4, 0.5) is 4.39 Å². The molecule has 3 aromatic rings. The van der Waals surface area contributed by atoms with E-state index in [1.54, 1.807) is 31.3 Å². The molecule has 1 aromatic carbocycles. The second kappa shape index (κ2) is 8.73. The van der Waals surface area contributed by atoms with E-state index in [0.29, 0.717) is 39.9 Å². The number of rotatable bonds is 7. The molecule has 0 spiro atoms. The van der Waals surface area contributed by atoms with Gasteiger partial charge in [0.05, 0.1) is 11.9 Å². The maximum Gasteiger partial charge on any atom is 0.263 e. The second-order valence-corrected chi connectivity index (χ2v) is 7.13. The maximum absolute atomic E-state index is 13.6. The molecule has 0 aliphatic heterocycles. The van der Waals surface area contributed by atoms with Crippen LogP contribution in [0.25, 0.3) is 0 Å². The Morgan fingerprint density at radius 2 is 2.04 bits per heavy atom. The first kappa shape index (κ1) is 19.0. The van der Waals surface area contributed by atoms with E-state index in [9.17, 15) is 9.18 Å². The molecular formula is C20H20FN3O2S. The van der Waals surface area contributed by atoms with Crippen LogP contribution in [-0.4, -0.2) is 22.4 Å². The van der Waals surface area contributed by atoms with Crippen LogP contribution in [0.5, 0.6) is 5.75 Å². The van der Waals surface area contributed by atoms with Gasteiger partial charge in [0, 0.05) is 12.2 Å². The summed E-state index contributed by atoms with van der Waals surface area (Å²) in [5.41, 5.74) is 2.16. The van der Waals surface area contributed by atoms with E-state index < -0.39 is 0 Å². The fraction of sp³-hybridized carbons (Fsp3) is 0.250. The topological polar surface area (TPSA) is 64.1 Å². The van der Waals surface area contributed by atoms with Crippen molar-refractivity contribution in [1.82, 2.24) is 15.3 Å². The van der Waals surface area contributed by atoms with E-state index in [2.05, 4.69) is 15.3 Å². The summed E-state index contributed by atoms with van der Waals surface area (Å²) in [4.78, 5) is 21.5. The molecule has 140 valence electrons. The molecule has 0 unspecified atom stereocenters. The molecule has 7 heteroatoms. The predicted octanol–water partition coefficient (Wildman–Crippen LogP) is 3.85. The normalized spacial score (nSPS) is 10.6. The highest BCUT2D eigenvalue weighted by molar-refractivity contribution is 7.13. The summed E-state index contributed by atoms with van der Waals surface area (Å²) in [7, 11) is 0. The Bertz CT molecular complexity index is 925. The summed E-state index contributed by atoms with van der Waals surface area (Å²) in [6, 6.07) is 10.3. The number of benzene rings is 1. The number of aryl methyl sites for hydroxylation is 2. The molecule has 0 aliphatic carbocycles. The number of nitrogens with one attached hydrogen (secondary N) is 1. The monoisotopic (exact) mass is 385 g/mol. The van der Waals surface area contributed by atoms with Crippen molar-refractivity contribution in [1.29, 1.82) is 0 Å². The Kier molecular flexibility index (Phi) is 6.13. The number of hydrogen-bond acceptors (Lipinski definition) is 5. The standard InChI is InChI=1S/C20H20FN3O2S/c1-13-7-8-16(11-23-13)26-12-18-24-14(2)19(27-18)20(25)22-10-9-15-5-3-4-6-17(15)21/h3-8,11H,9-10,12H2,1-2H3,(H,22,25). The Balaban J connectivity index is 1.54. The molecule has 1 amide bonds. The molecule has 0 saturated heterocycles. The fourth-order valence-electron chi connectivity index (χ4n) is 2.50. The SMILES string of the molecule is Cc1ccc(OCc2nc(C)c(C(=O)NCCc3ccccc3F)s2)cn1. The predicted molar refractivity (Wildman–Crippen MR) is 103 cm³/mol. The highest BCUT2D eigenvalue weighted by Crippen LogP contribution is 2.20. The highest BCUT2D eigenvalue weighted by Gasteiger charge is 2.15. The van der Waals surface area contributed by atoms with E-state index in [4.69, 9.17) is 4.74 Å². The Morgan fingerprint density at radius 1 is 1.22 bits per heavy atom. The fourth-order valence-corrected chi connectivity index (χ4v) is 3.40. The molecule has 2 heterocycles. The van der Waals surface area contributed by atoms with Crippen LogP contribution >= 0.6 is 11.3 Å². The van der Waals surface area contributed by atoms with Gasteiger partial charge >= 0.3 is 0 Å². The minimum Gasteiger partial charge on any atom is -0.485 e. The van der Waals surface area contributed by atoms with Crippen molar-refractivity contribution >= 4 is 17.2 Å². The van der Waals surface area contributed by atoms with Crippen LogP contribution in [-0.2, 0) is 13.0 Å². The van der Waals surface area contributed by atoms with Crippen LogP contribution in [0.2, 0.25) is 0 Å². The number of halogens is 1. The number of nitrogens with zero attached hydrogens (tertiary/aromatic N) is 2. The molecule has 1 N–H and O–H groups in total. The van der Waals surface area contributed by atoms with E-state index >= 15 is 0 Å². The Morgan fingerprint density at radius 3 is 2.78 bits per heavy atom. The third-order valence-corrected chi connectivity index (χ3v) is 5.06. The molecular weight excluding hydrogens is 365 g/mol. The zero-order valence-electron chi connectivity index (χ0n) is 15.2. The van der Waals surface area contributed by atoms with E-state index in [-0.39, 0.29) is 18.3 Å². The Hall–Kier alpha value is -2.80.